The highest BCUT2D eigenvalue weighted by molar-refractivity contribution is 6.15. The minimum atomic E-state index is -0.147. The maximum absolute atomic E-state index is 6.32. The lowest BCUT2D eigenvalue weighted by molar-refractivity contribution is 0.418. The van der Waals surface area contributed by atoms with Gasteiger partial charge in [-0.25, -0.2) is 0 Å². The molecule has 0 fully saturated rings. The SMILES string of the molecule is CC1(C)c2ccccc2Oc2ccc(-c3cccc4c3c3ccccc3n4-c3ccccc3)cc21. The maximum atomic E-state index is 6.32. The van der Waals surface area contributed by atoms with E-state index in [1.54, 1.807) is 0 Å². The fourth-order valence-corrected chi connectivity index (χ4v) is 5.73. The molecule has 2 nitrogen and oxygen atoms in total. The van der Waals surface area contributed by atoms with Crippen LogP contribution in [0, 0.1) is 0 Å². The highest BCUT2D eigenvalue weighted by Gasteiger charge is 2.34. The van der Waals surface area contributed by atoms with Crippen LogP contribution < -0.4 is 4.74 Å². The van der Waals surface area contributed by atoms with Crippen LogP contribution in [0.15, 0.2) is 115 Å². The van der Waals surface area contributed by atoms with E-state index in [1.165, 1.54) is 49.7 Å². The van der Waals surface area contributed by atoms with E-state index in [4.69, 9.17) is 4.74 Å². The van der Waals surface area contributed by atoms with Crippen LogP contribution in [0.2, 0.25) is 0 Å². The van der Waals surface area contributed by atoms with Gasteiger partial charge in [-0.1, -0.05) is 86.6 Å². The molecule has 1 aliphatic heterocycles. The first-order chi connectivity index (χ1) is 17.1. The van der Waals surface area contributed by atoms with Gasteiger partial charge in [0.15, 0.2) is 0 Å². The summed E-state index contributed by atoms with van der Waals surface area (Å²) in [5, 5.41) is 2.54. The second-order valence-electron chi connectivity index (χ2n) is 9.82. The standard InChI is InChI=1S/C33H25NO/c1-33(2)26-15-7-9-18-30(26)35-31-20-19-22(21-27(31)33)24-14-10-17-29-32(24)25-13-6-8-16-28(25)34(29)23-11-4-3-5-12-23/h3-21H,1-2H3. The summed E-state index contributed by atoms with van der Waals surface area (Å²) in [6.07, 6.45) is 0. The third kappa shape index (κ3) is 2.90. The van der Waals surface area contributed by atoms with Crippen LogP contribution in [0.1, 0.15) is 25.0 Å². The van der Waals surface area contributed by atoms with E-state index in [0.717, 1.165) is 11.5 Å². The molecule has 7 rings (SSSR count). The van der Waals surface area contributed by atoms with Crippen molar-refractivity contribution >= 4 is 21.8 Å². The molecule has 6 aromatic rings. The van der Waals surface area contributed by atoms with Crippen molar-refractivity contribution in [2.45, 2.75) is 19.3 Å². The summed E-state index contributed by atoms with van der Waals surface area (Å²) in [7, 11) is 0. The molecule has 5 aromatic carbocycles. The molecule has 35 heavy (non-hydrogen) atoms. The van der Waals surface area contributed by atoms with Crippen LogP contribution in [-0.2, 0) is 5.41 Å². The Bertz CT molecular complexity index is 1740. The number of ether oxygens (including phenoxy) is 1. The molecule has 0 unspecified atom stereocenters. The lowest BCUT2D eigenvalue weighted by atomic mass is 9.75. The van der Waals surface area contributed by atoms with Crippen molar-refractivity contribution in [2.75, 3.05) is 0 Å². The molecule has 2 heterocycles. The van der Waals surface area contributed by atoms with E-state index in [1.807, 2.05) is 6.07 Å². The molecular weight excluding hydrogens is 426 g/mol. The predicted octanol–water partition coefficient (Wildman–Crippen LogP) is 8.88. The Kier molecular flexibility index (Phi) is 4.22. The molecule has 0 saturated carbocycles. The van der Waals surface area contributed by atoms with Gasteiger partial charge in [-0.3, -0.25) is 0 Å². The number of hydrogen-bond acceptors (Lipinski definition) is 1. The molecule has 0 spiro atoms. The normalized spacial score (nSPS) is 13.9. The first kappa shape index (κ1) is 20.1. The summed E-state index contributed by atoms with van der Waals surface area (Å²) in [6, 6.07) is 41.0. The summed E-state index contributed by atoms with van der Waals surface area (Å²) in [6.45, 7) is 4.58. The Morgan fingerprint density at radius 1 is 0.600 bits per heavy atom. The topological polar surface area (TPSA) is 14.2 Å². The van der Waals surface area contributed by atoms with Crippen molar-refractivity contribution in [2.24, 2.45) is 0 Å². The van der Waals surface area contributed by atoms with Crippen molar-refractivity contribution in [3.05, 3.63) is 126 Å². The zero-order chi connectivity index (χ0) is 23.6. The monoisotopic (exact) mass is 451 g/mol. The van der Waals surface area contributed by atoms with Gasteiger partial charge in [-0.2, -0.15) is 0 Å². The van der Waals surface area contributed by atoms with Gasteiger partial charge < -0.3 is 9.30 Å². The lowest BCUT2D eigenvalue weighted by Gasteiger charge is -2.34. The van der Waals surface area contributed by atoms with Gasteiger partial charge >= 0.3 is 0 Å². The Morgan fingerprint density at radius 2 is 1.31 bits per heavy atom. The van der Waals surface area contributed by atoms with E-state index >= 15 is 0 Å². The minimum Gasteiger partial charge on any atom is -0.457 e. The lowest BCUT2D eigenvalue weighted by Crippen LogP contribution is -2.24. The number of fused-ring (bicyclic) bond motifs is 5. The van der Waals surface area contributed by atoms with Crippen molar-refractivity contribution in [3.63, 3.8) is 0 Å². The van der Waals surface area contributed by atoms with Crippen LogP contribution in [0.3, 0.4) is 0 Å². The van der Waals surface area contributed by atoms with E-state index < -0.39 is 0 Å². The molecule has 0 saturated heterocycles. The van der Waals surface area contributed by atoms with Crippen LogP contribution in [0.5, 0.6) is 11.5 Å². The first-order valence-electron chi connectivity index (χ1n) is 12.1. The molecule has 0 N–H and O–H groups in total. The van der Waals surface area contributed by atoms with E-state index in [2.05, 4.69) is 128 Å². The summed E-state index contributed by atoms with van der Waals surface area (Å²) in [4.78, 5) is 0. The Hall–Kier alpha value is -4.30. The Morgan fingerprint density at radius 3 is 2.20 bits per heavy atom. The van der Waals surface area contributed by atoms with Gasteiger partial charge in [0.2, 0.25) is 0 Å². The molecular formula is C33H25NO. The minimum absolute atomic E-state index is 0.147. The summed E-state index contributed by atoms with van der Waals surface area (Å²) >= 11 is 0. The average Bonchev–Trinajstić information content (AvgIpc) is 3.24. The van der Waals surface area contributed by atoms with Crippen molar-refractivity contribution in [1.82, 2.24) is 4.57 Å². The first-order valence-corrected chi connectivity index (χ1v) is 12.1. The third-order valence-corrected chi connectivity index (χ3v) is 7.46. The largest absolute Gasteiger partial charge is 0.457 e. The van der Waals surface area contributed by atoms with E-state index in [9.17, 15) is 0 Å². The van der Waals surface area contributed by atoms with Crippen LogP contribution in [-0.4, -0.2) is 4.57 Å². The van der Waals surface area contributed by atoms with Gasteiger partial charge in [0, 0.05) is 33.0 Å². The average molecular weight is 452 g/mol. The molecule has 1 aromatic heterocycles. The zero-order valence-electron chi connectivity index (χ0n) is 19.8. The summed E-state index contributed by atoms with van der Waals surface area (Å²) in [5.74, 6) is 1.89. The number of benzene rings is 5. The quantitative estimate of drug-likeness (QED) is 0.256. The van der Waals surface area contributed by atoms with Crippen LogP contribution >= 0.6 is 0 Å². The predicted molar refractivity (Wildman–Crippen MR) is 145 cm³/mol. The molecule has 1 aliphatic rings. The summed E-state index contributed by atoms with van der Waals surface area (Å²) in [5.41, 5.74) is 8.36. The zero-order valence-corrected chi connectivity index (χ0v) is 19.8. The van der Waals surface area contributed by atoms with E-state index in [-0.39, 0.29) is 5.41 Å². The molecule has 168 valence electrons. The van der Waals surface area contributed by atoms with Gasteiger partial charge in [0.25, 0.3) is 0 Å². The molecule has 0 atom stereocenters. The van der Waals surface area contributed by atoms with Crippen molar-refractivity contribution in [1.29, 1.82) is 0 Å². The number of rotatable bonds is 2. The van der Waals surface area contributed by atoms with Crippen molar-refractivity contribution in [3.8, 4) is 28.3 Å². The van der Waals surface area contributed by atoms with Gasteiger partial charge in [-0.15, -0.1) is 0 Å². The van der Waals surface area contributed by atoms with Gasteiger partial charge in [0.05, 0.1) is 11.0 Å². The van der Waals surface area contributed by atoms with Crippen LogP contribution in [0.25, 0.3) is 38.6 Å². The molecule has 0 bridgehead atoms. The second kappa shape index (κ2) is 7.35. The van der Waals surface area contributed by atoms with Gasteiger partial charge in [-0.05, 0) is 53.6 Å². The Balaban J connectivity index is 1.49. The highest BCUT2D eigenvalue weighted by atomic mass is 16.5. The molecule has 0 amide bonds. The maximum Gasteiger partial charge on any atom is 0.131 e. The smallest absolute Gasteiger partial charge is 0.131 e. The summed E-state index contributed by atoms with van der Waals surface area (Å²) < 4.78 is 8.69. The molecule has 2 heteroatoms. The fraction of sp³-hybridized carbons (Fsp3) is 0.0909. The van der Waals surface area contributed by atoms with E-state index in [0.29, 0.717) is 0 Å². The molecule has 0 radical (unpaired) electrons. The number of para-hydroxylation sites is 3. The Labute approximate surface area is 205 Å². The number of hydrogen-bond donors (Lipinski definition) is 0. The highest BCUT2D eigenvalue weighted by Crippen LogP contribution is 2.49. The van der Waals surface area contributed by atoms with Gasteiger partial charge in [0.1, 0.15) is 11.5 Å². The molecule has 0 aliphatic carbocycles. The third-order valence-electron chi connectivity index (χ3n) is 7.46. The fourth-order valence-electron chi connectivity index (χ4n) is 5.73. The van der Waals surface area contributed by atoms with Crippen LogP contribution in [0.4, 0.5) is 0 Å². The number of nitrogens with zero attached hydrogens (tertiary/aromatic N) is 1. The second-order valence-corrected chi connectivity index (χ2v) is 9.82. The number of aromatic nitrogens is 1. The van der Waals surface area contributed by atoms with Crippen molar-refractivity contribution < 1.29 is 4.74 Å².